The molecule has 6 nitrogen and oxygen atoms in total. The van der Waals surface area contributed by atoms with E-state index in [1.165, 1.54) is 11.8 Å². The van der Waals surface area contributed by atoms with Crippen LogP contribution in [0.15, 0.2) is 21.8 Å². The third-order valence-electron chi connectivity index (χ3n) is 3.12. The van der Waals surface area contributed by atoms with Crippen LogP contribution in [0.2, 0.25) is 0 Å². The van der Waals surface area contributed by atoms with Crippen LogP contribution in [-0.4, -0.2) is 56.7 Å². The molecule has 2 rings (SSSR count). The molecule has 0 saturated carbocycles. The van der Waals surface area contributed by atoms with E-state index in [-0.39, 0.29) is 6.61 Å². The van der Waals surface area contributed by atoms with Gasteiger partial charge in [-0.25, -0.2) is 4.98 Å². The van der Waals surface area contributed by atoms with Crippen molar-refractivity contribution in [3.05, 3.63) is 22.4 Å². The Labute approximate surface area is 129 Å². The van der Waals surface area contributed by atoms with Crippen molar-refractivity contribution in [3.8, 4) is 0 Å². The van der Waals surface area contributed by atoms with Crippen LogP contribution in [0.3, 0.4) is 0 Å². The number of nitrogens with zero attached hydrogens (tertiary/aromatic N) is 1. The second kappa shape index (κ2) is 6.69. The zero-order valence-electron chi connectivity index (χ0n) is 10.8. The molecule has 0 bridgehead atoms. The molecule has 0 aliphatic carbocycles. The molecule has 5 atom stereocenters. The second-order valence-corrected chi connectivity index (χ2v) is 6.59. The largest absolute Gasteiger partial charge is 0.394 e. The number of rotatable bonds is 3. The fraction of sp³-hybridized carbons (Fsp3) is 0.583. The molecule has 2 heterocycles. The molecule has 8 heteroatoms. The Hall–Kier alpha value is -0.220. The molecule has 1 fully saturated rings. The molecule has 112 valence electrons. The fourth-order valence-electron chi connectivity index (χ4n) is 1.95. The van der Waals surface area contributed by atoms with E-state index >= 15 is 0 Å². The number of thioether (sulfide) groups is 1. The van der Waals surface area contributed by atoms with E-state index in [1.54, 1.807) is 6.20 Å². The van der Waals surface area contributed by atoms with Gasteiger partial charge in [-0.2, -0.15) is 0 Å². The van der Waals surface area contributed by atoms with Gasteiger partial charge in [0.15, 0.2) is 0 Å². The van der Waals surface area contributed by atoms with Crippen LogP contribution in [0.25, 0.3) is 0 Å². The molecule has 5 unspecified atom stereocenters. The van der Waals surface area contributed by atoms with Gasteiger partial charge in [-0.15, -0.1) is 0 Å². The van der Waals surface area contributed by atoms with E-state index in [2.05, 4.69) is 20.9 Å². The molecule has 0 spiro atoms. The lowest BCUT2D eigenvalue weighted by Crippen LogP contribution is -2.61. The molecule has 1 aromatic heterocycles. The summed E-state index contributed by atoms with van der Waals surface area (Å²) in [5.41, 5.74) is 6.07. The van der Waals surface area contributed by atoms with Gasteiger partial charge in [0.25, 0.3) is 0 Å². The van der Waals surface area contributed by atoms with Gasteiger partial charge < -0.3 is 25.8 Å². The summed E-state index contributed by atoms with van der Waals surface area (Å²) in [5.74, 6) is 0. The first kappa shape index (κ1) is 16.2. The normalized spacial score (nSPS) is 34.2. The van der Waals surface area contributed by atoms with Crippen LogP contribution < -0.4 is 5.73 Å². The Bertz CT molecular complexity index is 477. The summed E-state index contributed by atoms with van der Waals surface area (Å²) in [7, 11) is 0. The van der Waals surface area contributed by atoms with Gasteiger partial charge >= 0.3 is 0 Å². The maximum absolute atomic E-state index is 10.1. The summed E-state index contributed by atoms with van der Waals surface area (Å²) in [6.45, 7) is 1.56. The molecule has 0 aromatic carbocycles. The van der Waals surface area contributed by atoms with Gasteiger partial charge in [-0.05, 0) is 34.5 Å². The number of nitrogens with two attached hydrogens (primary N) is 1. The summed E-state index contributed by atoms with van der Waals surface area (Å²) in [4.78, 5) is 4.97. The molecule has 20 heavy (non-hydrogen) atoms. The third kappa shape index (κ3) is 3.33. The minimum absolute atomic E-state index is 0.355. The number of hydrogen-bond acceptors (Lipinski definition) is 7. The van der Waals surface area contributed by atoms with Gasteiger partial charge in [0.2, 0.25) is 0 Å². The SMILES string of the molecule is Cc1cnc(Br)c(SC2OC(CO)C(O)C(N)C2O)c1. The predicted molar refractivity (Wildman–Crippen MR) is 78.3 cm³/mol. The van der Waals surface area contributed by atoms with E-state index in [1.807, 2.05) is 13.0 Å². The maximum Gasteiger partial charge on any atom is 0.135 e. The molecule has 5 N–H and O–H groups in total. The Kier molecular flexibility index (Phi) is 5.41. The number of aromatic nitrogens is 1. The van der Waals surface area contributed by atoms with Crippen molar-refractivity contribution in [3.63, 3.8) is 0 Å². The summed E-state index contributed by atoms with van der Waals surface area (Å²) < 4.78 is 6.16. The Balaban J connectivity index is 2.17. The zero-order valence-corrected chi connectivity index (χ0v) is 13.2. The highest BCUT2D eigenvalue weighted by Gasteiger charge is 2.42. The fourth-order valence-corrected chi connectivity index (χ4v) is 3.62. The third-order valence-corrected chi connectivity index (χ3v) is 5.21. The van der Waals surface area contributed by atoms with Crippen molar-refractivity contribution < 1.29 is 20.1 Å². The maximum atomic E-state index is 10.1. The van der Waals surface area contributed by atoms with Crippen LogP contribution in [0.5, 0.6) is 0 Å². The van der Waals surface area contributed by atoms with E-state index in [0.717, 1.165) is 10.5 Å². The molecular weight excluding hydrogens is 348 g/mol. The van der Waals surface area contributed by atoms with Crippen LogP contribution in [-0.2, 0) is 4.74 Å². The summed E-state index contributed by atoms with van der Waals surface area (Å²) in [5, 5.41) is 29.1. The monoisotopic (exact) mass is 364 g/mol. The minimum Gasteiger partial charge on any atom is -0.394 e. The predicted octanol–water partition coefficient (Wildman–Crippen LogP) is 0.0109. The average Bonchev–Trinajstić information content (AvgIpc) is 2.43. The highest BCUT2D eigenvalue weighted by molar-refractivity contribution is 9.10. The quantitative estimate of drug-likeness (QED) is 0.559. The van der Waals surface area contributed by atoms with Crippen molar-refractivity contribution in [1.82, 2.24) is 4.98 Å². The highest BCUT2D eigenvalue weighted by atomic mass is 79.9. The Morgan fingerprint density at radius 1 is 1.45 bits per heavy atom. The van der Waals surface area contributed by atoms with Gasteiger partial charge in [-0.1, -0.05) is 11.8 Å². The van der Waals surface area contributed by atoms with Crippen LogP contribution in [0, 0.1) is 6.92 Å². The standard InChI is InChI=1S/C12H17BrN2O4S/c1-5-2-7(11(13)15-3-5)20-12-10(18)8(14)9(17)6(4-16)19-12/h2-3,6,8-10,12,16-18H,4,14H2,1H3. The smallest absolute Gasteiger partial charge is 0.135 e. The summed E-state index contributed by atoms with van der Waals surface area (Å²) >= 11 is 4.59. The van der Waals surface area contributed by atoms with Crippen molar-refractivity contribution in [1.29, 1.82) is 0 Å². The van der Waals surface area contributed by atoms with Crippen LogP contribution >= 0.6 is 27.7 Å². The number of halogens is 1. The Morgan fingerprint density at radius 3 is 2.80 bits per heavy atom. The topological polar surface area (TPSA) is 109 Å². The molecule has 0 radical (unpaired) electrons. The van der Waals surface area contributed by atoms with Gasteiger partial charge in [0.05, 0.1) is 12.6 Å². The van der Waals surface area contributed by atoms with Crippen molar-refractivity contribution in [2.75, 3.05) is 6.61 Å². The number of aliphatic hydroxyl groups excluding tert-OH is 3. The first-order valence-corrected chi connectivity index (χ1v) is 7.78. The molecular formula is C12H17BrN2O4S. The van der Waals surface area contributed by atoms with Crippen molar-refractivity contribution >= 4 is 27.7 Å². The van der Waals surface area contributed by atoms with Gasteiger partial charge in [-0.3, -0.25) is 0 Å². The van der Waals surface area contributed by atoms with E-state index in [9.17, 15) is 15.3 Å². The number of pyridine rings is 1. The van der Waals surface area contributed by atoms with Crippen molar-refractivity contribution in [2.45, 2.75) is 41.6 Å². The highest BCUT2D eigenvalue weighted by Crippen LogP contribution is 2.35. The average molecular weight is 365 g/mol. The first-order valence-electron chi connectivity index (χ1n) is 6.11. The minimum atomic E-state index is -1.09. The second-order valence-electron chi connectivity index (χ2n) is 4.70. The van der Waals surface area contributed by atoms with E-state index < -0.39 is 29.8 Å². The lowest BCUT2D eigenvalue weighted by Gasteiger charge is -2.40. The number of hydrogen-bond donors (Lipinski definition) is 4. The number of aliphatic hydroxyl groups is 3. The van der Waals surface area contributed by atoms with E-state index in [4.69, 9.17) is 10.5 Å². The van der Waals surface area contributed by atoms with Gasteiger partial charge in [0.1, 0.15) is 28.4 Å². The zero-order chi connectivity index (χ0) is 14.9. The Morgan fingerprint density at radius 2 is 2.15 bits per heavy atom. The molecule has 0 amide bonds. The summed E-state index contributed by atoms with van der Waals surface area (Å²) in [6, 6.07) is 1.04. The van der Waals surface area contributed by atoms with Gasteiger partial charge in [0, 0.05) is 11.1 Å². The molecule has 1 aromatic rings. The molecule has 1 aliphatic rings. The molecule has 1 saturated heterocycles. The lowest BCUT2D eigenvalue weighted by molar-refractivity contribution is -0.160. The molecule has 1 aliphatic heterocycles. The lowest BCUT2D eigenvalue weighted by atomic mass is 9.98. The van der Waals surface area contributed by atoms with Crippen molar-refractivity contribution in [2.24, 2.45) is 5.73 Å². The van der Waals surface area contributed by atoms with Crippen LogP contribution in [0.4, 0.5) is 0 Å². The number of aryl methyl sites for hydroxylation is 1. The van der Waals surface area contributed by atoms with Crippen LogP contribution in [0.1, 0.15) is 5.56 Å². The summed E-state index contributed by atoms with van der Waals surface area (Å²) in [6.07, 6.45) is -1.21. The first-order chi connectivity index (χ1) is 9.43. The van der Waals surface area contributed by atoms with E-state index in [0.29, 0.717) is 4.60 Å². The number of ether oxygens (including phenoxy) is 1.